The van der Waals surface area contributed by atoms with Gasteiger partial charge in [0.15, 0.2) is 5.69 Å². The van der Waals surface area contributed by atoms with Crippen LogP contribution in [0.3, 0.4) is 0 Å². The number of carboxylic acids is 1. The first-order valence-electron chi connectivity index (χ1n) is 6.15. The molecule has 2 rings (SSSR count). The molecule has 0 amide bonds. The normalized spacial score (nSPS) is 11.5. The van der Waals surface area contributed by atoms with Crippen LogP contribution in [0.2, 0.25) is 0 Å². The van der Waals surface area contributed by atoms with E-state index in [9.17, 15) is 9.90 Å². The first-order valence-corrected chi connectivity index (χ1v) is 6.15. The zero-order valence-corrected chi connectivity index (χ0v) is 11.3. The highest BCUT2D eigenvalue weighted by atomic mass is 16.4. The van der Waals surface area contributed by atoms with Crippen molar-refractivity contribution < 1.29 is 14.3 Å². The maximum absolute atomic E-state index is 11.2. The van der Waals surface area contributed by atoms with E-state index >= 15 is 0 Å². The van der Waals surface area contributed by atoms with E-state index in [4.69, 9.17) is 4.42 Å². The minimum absolute atomic E-state index is 0.00813. The molecule has 4 nitrogen and oxygen atoms in total. The lowest BCUT2D eigenvalue weighted by Gasteiger charge is -2.15. The van der Waals surface area contributed by atoms with Crippen molar-refractivity contribution in [2.45, 2.75) is 27.2 Å². The summed E-state index contributed by atoms with van der Waals surface area (Å²) in [6, 6.07) is 9.31. The third-order valence-electron chi connectivity index (χ3n) is 2.61. The summed E-state index contributed by atoms with van der Waals surface area (Å²) in [5.41, 5.74) is 0.733. The molecule has 0 saturated carbocycles. The van der Waals surface area contributed by atoms with Crippen LogP contribution in [0.1, 0.15) is 37.0 Å². The number of carbonyl (C=O) groups is 1. The second kappa shape index (κ2) is 4.88. The molecule has 1 heterocycles. The molecule has 0 radical (unpaired) electrons. The molecule has 100 valence electrons. The van der Waals surface area contributed by atoms with Gasteiger partial charge in [0.1, 0.15) is 5.76 Å². The average molecular weight is 259 g/mol. The lowest BCUT2D eigenvalue weighted by atomic mass is 9.90. The molecule has 4 heteroatoms. The highest BCUT2D eigenvalue weighted by Gasteiger charge is 2.24. The van der Waals surface area contributed by atoms with Crippen LogP contribution >= 0.6 is 0 Å². The van der Waals surface area contributed by atoms with Crippen LogP contribution in [0, 0.1) is 5.41 Å². The van der Waals surface area contributed by atoms with Crippen LogP contribution < -0.4 is 0 Å². The maximum atomic E-state index is 11.2. The van der Waals surface area contributed by atoms with Crippen molar-refractivity contribution in [1.29, 1.82) is 0 Å². The maximum Gasteiger partial charge on any atom is 0.358 e. The van der Waals surface area contributed by atoms with Crippen LogP contribution in [0.15, 0.2) is 34.7 Å². The molecule has 1 N–H and O–H groups in total. The van der Waals surface area contributed by atoms with E-state index in [-0.39, 0.29) is 11.1 Å². The van der Waals surface area contributed by atoms with E-state index in [1.807, 2.05) is 51.1 Å². The molecule has 0 aliphatic carbocycles. The Morgan fingerprint density at radius 2 is 1.89 bits per heavy atom. The summed E-state index contributed by atoms with van der Waals surface area (Å²) in [5.74, 6) is -0.263. The number of hydrogen-bond donors (Lipinski definition) is 1. The van der Waals surface area contributed by atoms with Crippen LogP contribution in [-0.4, -0.2) is 16.1 Å². The van der Waals surface area contributed by atoms with E-state index in [0.717, 1.165) is 5.56 Å². The van der Waals surface area contributed by atoms with E-state index in [1.54, 1.807) is 0 Å². The van der Waals surface area contributed by atoms with Crippen molar-refractivity contribution in [2.24, 2.45) is 5.41 Å². The molecule has 1 aromatic heterocycles. The molecule has 0 saturated heterocycles. The second-order valence-corrected chi connectivity index (χ2v) is 5.70. The fourth-order valence-corrected chi connectivity index (χ4v) is 1.82. The summed E-state index contributed by atoms with van der Waals surface area (Å²) in [5, 5.41) is 9.20. The molecule has 0 atom stereocenters. The smallest absolute Gasteiger partial charge is 0.358 e. The van der Waals surface area contributed by atoms with Gasteiger partial charge < -0.3 is 9.52 Å². The summed E-state index contributed by atoms with van der Waals surface area (Å²) in [6.07, 6.45) is 0.536. The predicted molar refractivity (Wildman–Crippen MR) is 72.1 cm³/mol. The number of nitrogens with zero attached hydrogens (tertiary/aromatic N) is 1. The molecule has 0 spiro atoms. The van der Waals surface area contributed by atoms with Gasteiger partial charge in [0.25, 0.3) is 0 Å². The van der Waals surface area contributed by atoms with Gasteiger partial charge in [-0.2, -0.15) is 0 Å². The average Bonchev–Trinajstić information content (AvgIpc) is 2.72. The number of hydrogen-bond acceptors (Lipinski definition) is 3. The Hall–Kier alpha value is -2.10. The van der Waals surface area contributed by atoms with Gasteiger partial charge in [0, 0.05) is 12.0 Å². The van der Waals surface area contributed by atoms with Crippen LogP contribution in [0.5, 0.6) is 0 Å². The van der Waals surface area contributed by atoms with Crippen LogP contribution in [0.4, 0.5) is 0 Å². The Kier molecular flexibility index (Phi) is 3.42. The van der Waals surface area contributed by atoms with Gasteiger partial charge in [0.05, 0.1) is 0 Å². The van der Waals surface area contributed by atoms with Gasteiger partial charge in [-0.25, -0.2) is 9.78 Å². The SMILES string of the molecule is CC(C)(C)Cc1oc(-c2ccccc2)nc1C(=O)O. The predicted octanol–water partition coefficient (Wildman–Crippen LogP) is 3.63. The number of rotatable bonds is 3. The Balaban J connectivity index is 2.44. The van der Waals surface area contributed by atoms with Crippen LogP contribution in [0.25, 0.3) is 11.5 Å². The zero-order chi connectivity index (χ0) is 14.0. The first kappa shape index (κ1) is 13.3. The zero-order valence-electron chi connectivity index (χ0n) is 11.3. The van der Waals surface area contributed by atoms with E-state index < -0.39 is 5.97 Å². The summed E-state index contributed by atoms with van der Waals surface area (Å²) in [7, 11) is 0. The number of benzene rings is 1. The van der Waals surface area contributed by atoms with Gasteiger partial charge in [-0.3, -0.25) is 0 Å². The standard InChI is InChI=1S/C15H17NO3/c1-15(2,3)9-11-12(14(17)18)16-13(19-11)10-7-5-4-6-8-10/h4-8H,9H2,1-3H3,(H,17,18). The molecule has 0 fully saturated rings. The monoisotopic (exact) mass is 259 g/mol. The van der Waals surface area contributed by atoms with Gasteiger partial charge in [-0.05, 0) is 17.5 Å². The van der Waals surface area contributed by atoms with Gasteiger partial charge in [0.2, 0.25) is 5.89 Å². The third-order valence-corrected chi connectivity index (χ3v) is 2.61. The lowest BCUT2D eigenvalue weighted by Crippen LogP contribution is -2.12. The van der Waals surface area contributed by atoms with Gasteiger partial charge >= 0.3 is 5.97 Å². The Morgan fingerprint density at radius 1 is 1.26 bits per heavy atom. The first-order chi connectivity index (χ1) is 8.87. The molecule has 19 heavy (non-hydrogen) atoms. The van der Waals surface area contributed by atoms with Crippen LogP contribution in [-0.2, 0) is 6.42 Å². The van der Waals surface area contributed by atoms with E-state index in [2.05, 4.69) is 4.98 Å². The summed E-state index contributed by atoms with van der Waals surface area (Å²) in [4.78, 5) is 15.3. The van der Waals surface area contributed by atoms with Crippen molar-refractivity contribution in [1.82, 2.24) is 4.98 Å². The van der Waals surface area contributed by atoms with Crippen molar-refractivity contribution >= 4 is 5.97 Å². The number of oxazole rings is 1. The number of carboxylic acid groups (broad SMARTS) is 1. The minimum atomic E-state index is -1.05. The molecule has 2 aromatic rings. The fraction of sp³-hybridized carbons (Fsp3) is 0.333. The van der Waals surface area contributed by atoms with Crippen molar-refractivity contribution in [3.05, 3.63) is 41.8 Å². The molecule has 0 aliphatic heterocycles. The van der Waals surface area contributed by atoms with Gasteiger partial charge in [-0.1, -0.05) is 39.0 Å². The van der Waals surface area contributed by atoms with Crippen molar-refractivity contribution in [2.75, 3.05) is 0 Å². The van der Waals surface area contributed by atoms with Gasteiger partial charge in [-0.15, -0.1) is 0 Å². The van der Waals surface area contributed by atoms with Crippen molar-refractivity contribution in [3.63, 3.8) is 0 Å². The van der Waals surface area contributed by atoms with Crippen molar-refractivity contribution in [3.8, 4) is 11.5 Å². The topological polar surface area (TPSA) is 63.3 Å². The molecular formula is C15H17NO3. The molecular weight excluding hydrogens is 242 g/mol. The minimum Gasteiger partial charge on any atom is -0.476 e. The fourth-order valence-electron chi connectivity index (χ4n) is 1.82. The highest BCUT2D eigenvalue weighted by Crippen LogP contribution is 2.27. The largest absolute Gasteiger partial charge is 0.476 e. The third kappa shape index (κ3) is 3.22. The number of aromatic nitrogens is 1. The van der Waals surface area contributed by atoms with E-state index in [0.29, 0.717) is 18.1 Å². The summed E-state index contributed by atoms with van der Waals surface area (Å²) >= 11 is 0. The quantitative estimate of drug-likeness (QED) is 0.914. The molecule has 0 unspecified atom stereocenters. The lowest BCUT2D eigenvalue weighted by molar-refractivity contribution is 0.0688. The molecule has 0 aliphatic rings. The summed E-state index contributed by atoms with van der Waals surface area (Å²) < 4.78 is 5.65. The molecule has 1 aromatic carbocycles. The Morgan fingerprint density at radius 3 is 2.42 bits per heavy atom. The Labute approximate surface area is 112 Å². The Bertz CT molecular complexity index is 579. The van der Waals surface area contributed by atoms with E-state index in [1.165, 1.54) is 0 Å². The summed E-state index contributed by atoms with van der Waals surface area (Å²) in [6.45, 7) is 6.09. The highest BCUT2D eigenvalue weighted by molar-refractivity contribution is 5.87. The molecule has 0 bridgehead atoms. The second-order valence-electron chi connectivity index (χ2n) is 5.70. The number of aromatic carboxylic acids is 1.